The normalized spacial score (nSPS) is 12.1. The number of methoxy groups -OCH3 is 2. The van der Waals surface area contributed by atoms with E-state index in [0.29, 0.717) is 0 Å². The van der Waals surface area contributed by atoms with Gasteiger partial charge < -0.3 is 18.9 Å². The summed E-state index contributed by atoms with van der Waals surface area (Å²) in [5, 5.41) is 0. The molecule has 0 bridgehead atoms. The van der Waals surface area contributed by atoms with Gasteiger partial charge in [-0.1, -0.05) is 24.3 Å². The van der Waals surface area contributed by atoms with E-state index in [2.05, 4.69) is 6.07 Å². The zero-order valence-corrected chi connectivity index (χ0v) is 14.0. The zero-order chi connectivity index (χ0) is 17.2. The Morgan fingerprint density at radius 2 is 1.60 bits per heavy atom. The molecule has 0 unspecified atom stereocenters. The Hall–Kier alpha value is -3.14. The van der Waals surface area contributed by atoms with Crippen LogP contribution in [0.15, 0.2) is 54.6 Å². The number of ether oxygens (including phenoxy) is 4. The van der Waals surface area contributed by atoms with Crippen molar-refractivity contribution in [2.75, 3.05) is 21.0 Å². The van der Waals surface area contributed by atoms with Crippen LogP contribution in [-0.4, -0.2) is 21.0 Å². The van der Waals surface area contributed by atoms with Gasteiger partial charge in [-0.3, -0.25) is 0 Å². The van der Waals surface area contributed by atoms with Crippen LogP contribution in [0.4, 0.5) is 0 Å². The Kier molecular flexibility index (Phi) is 3.94. The molecule has 0 aromatic heterocycles. The van der Waals surface area contributed by atoms with E-state index in [1.165, 1.54) is 0 Å². The molecule has 0 aliphatic carbocycles. The van der Waals surface area contributed by atoms with E-state index in [4.69, 9.17) is 18.9 Å². The summed E-state index contributed by atoms with van der Waals surface area (Å²) in [5.41, 5.74) is 3.90. The van der Waals surface area contributed by atoms with Gasteiger partial charge in [-0.15, -0.1) is 0 Å². The SMILES string of the molecule is COc1ccc(-c2[c]ccc(-c3ccc4c(c3)OCO4)c2OC)cc1. The van der Waals surface area contributed by atoms with E-state index in [-0.39, 0.29) is 6.79 Å². The summed E-state index contributed by atoms with van der Waals surface area (Å²) in [6.45, 7) is 0.260. The molecule has 125 valence electrons. The fourth-order valence-corrected chi connectivity index (χ4v) is 2.96. The van der Waals surface area contributed by atoms with E-state index in [1.54, 1.807) is 14.2 Å². The molecule has 4 nitrogen and oxygen atoms in total. The topological polar surface area (TPSA) is 36.9 Å². The zero-order valence-electron chi connectivity index (χ0n) is 14.0. The van der Waals surface area contributed by atoms with Crippen LogP contribution in [0, 0.1) is 6.07 Å². The highest BCUT2D eigenvalue weighted by Crippen LogP contribution is 2.42. The lowest BCUT2D eigenvalue weighted by Crippen LogP contribution is -1.93. The second kappa shape index (κ2) is 6.40. The standard InChI is InChI=1S/C21H17O4/c1-22-16-9-6-14(7-10-16)17-4-3-5-18(21(17)23-2)15-8-11-19-20(12-15)25-13-24-19/h3,5-12H,13H2,1-2H3. The lowest BCUT2D eigenvalue weighted by molar-refractivity contribution is 0.174. The number of hydrogen-bond acceptors (Lipinski definition) is 4. The summed E-state index contributed by atoms with van der Waals surface area (Å²) in [6, 6.07) is 20.9. The van der Waals surface area contributed by atoms with Crippen LogP contribution in [0.2, 0.25) is 0 Å². The largest absolute Gasteiger partial charge is 0.497 e. The van der Waals surface area contributed by atoms with Crippen LogP contribution in [-0.2, 0) is 0 Å². The average molecular weight is 333 g/mol. The third kappa shape index (κ3) is 2.76. The van der Waals surface area contributed by atoms with Crippen LogP contribution < -0.4 is 18.9 Å². The van der Waals surface area contributed by atoms with Gasteiger partial charge in [0, 0.05) is 11.1 Å². The lowest BCUT2D eigenvalue weighted by atomic mass is 9.97. The molecular formula is C21H17O4. The Morgan fingerprint density at radius 3 is 2.36 bits per heavy atom. The van der Waals surface area contributed by atoms with Crippen LogP contribution in [0.1, 0.15) is 0 Å². The minimum atomic E-state index is 0.260. The van der Waals surface area contributed by atoms with Crippen molar-refractivity contribution in [3.63, 3.8) is 0 Å². The van der Waals surface area contributed by atoms with Crippen LogP contribution in [0.3, 0.4) is 0 Å². The van der Waals surface area contributed by atoms with Crippen molar-refractivity contribution >= 4 is 0 Å². The van der Waals surface area contributed by atoms with Gasteiger partial charge in [0.05, 0.1) is 14.2 Å². The van der Waals surface area contributed by atoms with Gasteiger partial charge in [0.15, 0.2) is 11.5 Å². The van der Waals surface area contributed by atoms with Crippen LogP contribution in [0.25, 0.3) is 22.3 Å². The van der Waals surface area contributed by atoms with Crippen molar-refractivity contribution in [3.8, 4) is 45.3 Å². The molecule has 0 spiro atoms. The fourth-order valence-electron chi connectivity index (χ4n) is 2.96. The van der Waals surface area contributed by atoms with E-state index in [1.807, 2.05) is 54.6 Å². The molecule has 3 aromatic rings. The van der Waals surface area contributed by atoms with Crippen LogP contribution >= 0.6 is 0 Å². The minimum absolute atomic E-state index is 0.260. The Morgan fingerprint density at radius 1 is 0.840 bits per heavy atom. The highest BCUT2D eigenvalue weighted by molar-refractivity contribution is 5.83. The predicted molar refractivity (Wildman–Crippen MR) is 95.4 cm³/mol. The van der Waals surface area contributed by atoms with Gasteiger partial charge in [-0.05, 0) is 47.5 Å². The number of rotatable bonds is 4. The lowest BCUT2D eigenvalue weighted by Gasteiger charge is -2.14. The first-order valence-corrected chi connectivity index (χ1v) is 7.93. The number of benzene rings is 3. The van der Waals surface area contributed by atoms with Gasteiger partial charge >= 0.3 is 0 Å². The molecule has 4 rings (SSSR count). The molecule has 25 heavy (non-hydrogen) atoms. The quantitative estimate of drug-likeness (QED) is 0.701. The summed E-state index contributed by atoms with van der Waals surface area (Å²) in [7, 11) is 3.33. The van der Waals surface area contributed by atoms with E-state index in [0.717, 1.165) is 45.3 Å². The van der Waals surface area contributed by atoms with Crippen molar-refractivity contribution in [1.29, 1.82) is 0 Å². The molecule has 0 saturated carbocycles. The minimum Gasteiger partial charge on any atom is -0.497 e. The molecule has 3 aromatic carbocycles. The molecule has 1 heterocycles. The smallest absolute Gasteiger partial charge is 0.231 e. The molecule has 0 atom stereocenters. The van der Waals surface area contributed by atoms with E-state index in [9.17, 15) is 0 Å². The third-order valence-corrected chi connectivity index (χ3v) is 4.22. The molecular weight excluding hydrogens is 316 g/mol. The van der Waals surface area contributed by atoms with Gasteiger partial charge in [-0.25, -0.2) is 0 Å². The van der Waals surface area contributed by atoms with Crippen LogP contribution in [0.5, 0.6) is 23.0 Å². The molecule has 0 fully saturated rings. The van der Waals surface area contributed by atoms with Gasteiger partial charge in [0.2, 0.25) is 6.79 Å². The first-order valence-electron chi connectivity index (χ1n) is 7.93. The summed E-state index contributed by atoms with van der Waals surface area (Å²) >= 11 is 0. The monoisotopic (exact) mass is 333 g/mol. The molecule has 4 heteroatoms. The molecule has 0 saturated heterocycles. The Labute approximate surface area is 146 Å². The highest BCUT2D eigenvalue weighted by atomic mass is 16.7. The van der Waals surface area contributed by atoms with Crippen molar-refractivity contribution in [1.82, 2.24) is 0 Å². The highest BCUT2D eigenvalue weighted by Gasteiger charge is 2.17. The Balaban J connectivity index is 1.81. The number of fused-ring (bicyclic) bond motifs is 1. The second-order valence-corrected chi connectivity index (χ2v) is 5.60. The molecule has 0 amide bonds. The maximum absolute atomic E-state index is 5.73. The maximum Gasteiger partial charge on any atom is 0.231 e. The van der Waals surface area contributed by atoms with Gasteiger partial charge in [0.25, 0.3) is 0 Å². The summed E-state index contributed by atoms with van der Waals surface area (Å²) < 4.78 is 21.8. The fraction of sp³-hybridized carbons (Fsp3) is 0.143. The predicted octanol–water partition coefficient (Wildman–Crippen LogP) is 4.57. The molecule has 0 N–H and O–H groups in total. The molecule has 1 aliphatic rings. The van der Waals surface area contributed by atoms with Crippen molar-refractivity contribution in [3.05, 3.63) is 60.7 Å². The van der Waals surface area contributed by atoms with Crippen molar-refractivity contribution < 1.29 is 18.9 Å². The summed E-state index contributed by atoms with van der Waals surface area (Å²) in [4.78, 5) is 0. The summed E-state index contributed by atoms with van der Waals surface area (Å²) in [5.74, 6) is 3.10. The average Bonchev–Trinajstić information content (AvgIpc) is 3.15. The second-order valence-electron chi connectivity index (χ2n) is 5.60. The van der Waals surface area contributed by atoms with Gasteiger partial charge in [-0.2, -0.15) is 0 Å². The van der Waals surface area contributed by atoms with Crippen molar-refractivity contribution in [2.45, 2.75) is 0 Å². The third-order valence-electron chi connectivity index (χ3n) is 4.22. The van der Waals surface area contributed by atoms with E-state index >= 15 is 0 Å². The first kappa shape index (κ1) is 15.4. The van der Waals surface area contributed by atoms with Crippen molar-refractivity contribution in [2.24, 2.45) is 0 Å². The Bertz CT molecular complexity index is 900. The van der Waals surface area contributed by atoms with Gasteiger partial charge in [0.1, 0.15) is 11.5 Å². The maximum atomic E-state index is 5.73. The number of hydrogen-bond donors (Lipinski definition) is 0. The van der Waals surface area contributed by atoms with E-state index < -0.39 is 0 Å². The summed E-state index contributed by atoms with van der Waals surface area (Å²) in [6.07, 6.45) is 0. The molecule has 1 radical (unpaired) electrons. The molecule has 1 aliphatic heterocycles. The first-order chi connectivity index (χ1) is 12.3.